The van der Waals surface area contributed by atoms with Crippen LogP contribution >= 0.6 is 0 Å². The van der Waals surface area contributed by atoms with E-state index in [1.165, 1.54) is 0 Å². The monoisotopic (exact) mass is 192 g/mol. The Bertz CT molecular complexity index is 305. The third-order valence-corrected chi connectivity index (χ3v) is 2.01. The fraction of sp³-hybridized carbons (Fsp3) is 0.333. The van der Waals surface area contributed by atoms with Gasteiger partial charge in [-0.2, -0.15) is 0 Å². The summed E-state index contributed by atoms with van der Waals surface area (Å²) in [6.45, 7) is 6.25. The summed E-state index contributed by atoms with van der Waals surface area (Å²) < 4.78 is 10.6. The largest absolute Gasteiger partial charge is 0.497 e. The molecule has 0 bridgehead atoms. The summed E-state index contributed by atoms with van der Waals surface area (Å²) in [5, 5.41) is 0. The molecule has 0 N–H and O–H groups in total. The number of rotatable bonds is 5. The van der Waals surface area contributed by atoms with Crippen molar-refractivity contribution in [2.24, 2.45) is 0 Å². The molecule has 0 aliphatic heterocycles. The number of ether oxygens (including phenoxy) is 2. The van der Waals surface area contributed by atoms with Gasteiger partial charge in [0, 0.05) is 0 Å². The first kappa shape index (κ1) is 10.6. The van der Waals surface area contributed by atoms with Gasteiger partial charge in [-0.3, -0.25) is 0 Å². The van der Waals surface area contributed by atoms with Crippen LogP contribution in [0.4, 0.5) is 0 Å². The lowest BCUT2D eigenvalue weighted by atomic mass is 10.1. The number of hydrogen-bond acceptors (Lipinski definition) is 2. The number of methoxy groups -OCH3 is 1. The highest BCUT2D eigenvalue weighted by atomic mass is 16.5. The Balaban J connectivity index is 2.87. The van der Waals surface area contributed by atoms with E-state index in [1.54, 1.807) is 13.2 Å². The predicted octanol–water partition coefficient (Wildman–Crippen LogP) is 2.82. The van der Waals surface area contributed by atoms with Crippen LogP contribution in [0.25, 0.3) is 0 Å². The maximum Gasteiger partial charge on any atom is 0.123 e. The van der Waals surface area contributed by atoms with Gasteiger partial charge in [-0.25, -0.2) is 0 Å². The van der Waals surface area contributed by atoms with Crippen LogP contribution in [-0.4, -0.2) is 13.7 Å². The molecule has 0 fully saturated rings. The molecule has 0 atom stereocenters. The summed E-state index contributed by atoms with van der Waals surface area (Å²) in [5.41, 5.74) is 1.16. The molecule has 1 aromatic rings. The molecule has 2 heteroatoms. The molecule has 2 nitrogen and oxygen atoms in total. The highest BCUT2D eigenvalue weighted by Crippen LogP contribution is 2.24. The lowest BCUT2D eigenvalue weighted by Gasteiger charge is -2.10. The molecule has 76 valence electrons. The highest BCUT2D eigenvalue weighted by Gasteiger charge is 2.02. The fourth-order valence-corrected chi connectivity index (χ4v) is 1.25. The van der Waals surface area contributed by atoms with E-state index >= 15 is 0 Å². The molecular weight excluding hydrogens is 176 g/mol. The van der Waals surface area contributed by atoms with E-state index < -0.39 is 0 Å². The third-order valence-electron chi connectivity index (χ3n) is 2.01. The molecule has 0 saturated heterocycles. The first-order valence-electron chi connectivity index (χ1n) is 4.72. The second kappa shape index (κ2) is 5.32. The van der Waals surface area contributed by atoms with Crippen LogP contribution < -0.4 is 9.47 Å². The van der Waals surface area contributed by atoms with Crippen LogP contribution in [0.15, 0.2) is 30.9 Å². The molecular formula is C12H16O2. The van der Waals surface area contributed by atoms with Crippen molar-refractivity contribution in [1.82, 2.24) is 0 Å². The molecule has 0 aliphatic carbocycles. The van der Waals surface area contributed by atoms with Gasteiger partial charge in [-0.15, -0.1) is 0 Å². The number of hydrogen-bond donors (Lipinski definition) is 0. The normalized spacial score (nSPS) is 9.57. The Kier molecular flexibility index (Phi) is 4.05. The summed E-state index contributed by atoms with van der Waals surface area (Å²) in [4.78, 5) is 0. The summed E-state index contributed by atoms with van der Waals surface area (Å²) in [7, 11) is 1.67. The minimum absolute atomic E-state index is 0.541. The van der Waals surface area contributed by atoms with Crippen LogP contribution in [0.3, 0.4) is 0 Å². The summed E-state index contributed by atoms with van der Waals surface area (Å²) in [6.07, 6.45) is 2.67. The molecule has 0 unspecified atom stereocenters. The van der Waals surface area contributed by atoms with Crippen molar-refractivity contribution in [3.8, 4) is 11.5 Å². The second-order valence-electron chi connectivity index (χ2n) is 2.93. The van der Waals surface area contributed by atoms with Gasteiger partial charge in [0.2, 0.25) is 0 Å². The zero-order valence-corrected chi connectivity index (χ0v) is 8.75. The van der Waals surface area contributed by atoms with Crippen molar-refractivity contribution < 1.29 is 9.47 Å². The van der Waals surface area contributed by atoms with Crippen molar-refractivity contribution in [3.05, 3.63) is 36.4 Å². The maximum absolute atomic E-state index is 5.50. The standard InChI is InChI=1S/C12H16O2/c1-4-8-14-12-7-6-11(13-3)9-10(12)5-2/h4,6-7,9H,1,5,8H2,2-3H3. The summed E-state index contributed by atoms with van der Waals surface area (Å²) in [6, 6.07) is 5.83. The topological polar surface area (TPSA) is 18.5 Å². The minimum atomic E-state index is 0.541. The van der Waals surface area contributed by atoms with Gasteiger partial charge in [0.1, 0.15) is 18.1 Å². The lowest BCUT2D eigenvalue weighted by molar-refractivity contribution is 0.357. The van der Waals surface area contributed by atoms with Crippen LogP contribution in [-0.2, 0) is 6.42 Å². The Labute approximate surface area is 85.2 Å². The number of aryl methyl sites for hydroxylation is 1. The molecule has 0 radical (unpaired) electrons. The Morgan fingerprint density at radius 2 is 2.21 bits per heavy atom. The summed E-state index contributed by atoms with van der Waals surface area (Å²) >= 11 is 0. The van der Waals surface area contributed by atoms with E-state index in [-0.39, 0.29) is 0 Å². The van der Waals surface area contributed by atoms with Gasteiger partial charge in [0.15, 0.2) is 0 Å². The highest BCUT2D eigenvalue weighted by molar-refractivity contribution is 5.40. The van der Waals surface area contributed by atoms with E-state index in [9.17, 15) is 0 Å². The first-order valence-corrected chi connectivity index (χ1v) is 4.72. The predicted molar refractivity (Wildman–Crippen MR) is 58.1 cm³/mol. The van der Waals surface area contributed by atoms with Gasteiger partial charge >= 0.3 is 0 Å². The minimum Gasteiger partial charge on any atom is -0.497 e. The summed E-state index contributed by atoms with van der Waals surface area (Å²) in [5.74, 6) is 1.78. The second-order valence-corrected chi connectivity index (χ2v) is 2.93. The quantitative estimate of drug-likeness (QED) is 0.668. The zero-order valence-electron chi connectivity index (χ0n) is 8.75. The fourth-order valence-electron chi connectivity index (χ4n) is 1.25. The number of benzene rings is 1. The Morgan fingerprint density at radius 3 is 2.79 bits per heavy atom. The average Bonchev–Trinajstić information content (AvgIpc) is 2.26. The molecule has 1 aromatic carbocycles. The van der Waals surface area contributed by atoms with E-state index in [0.29, 0.717) is 6.61 Å². The average molecular weight is 192 g/mol. The van der Waals surface area contributed by atoms with Gasteiger partial charge < -0.3 is 9.47 Å². The Hall–Kier alpha value is -1.44. The maximum atomic E-state index is 5.50. The first-order chi connectivity index (χ1) is 6.81. The SMILES string of the molecule is C=CCOc1ccc(OC)cc1CC. The van der Waals surface area contributed by atoms with Crippen molar-refractivity contribution in [3.63, 3.8) is 0 Å². The molecule has 0 amide bonds. The molecule has 14 heavy (non-hydrogen) atoms. The van der Waals surface area contributed by atoms with Crippen molar-refractivity contribution in [1.29, 1.82) is 0 Å². The third kappa shape index (κ3) is 2.52. The van der Waals surface area contributed by atoms with E-state index in [0.717, 1.165) is 23.5 Å². The smallest absolute Gasteiger partial charge is 0.123 e. The molecule has 1 rings (SSSR count). The van der Waals surface area contributed by atoms with Crippen molar-refractivity contribution >= 4 is 0 Å². The lowest BCUT2D eigenvalue weighted by Crippen LogP contribution is -1.97. The van der Waals surface area contributed by atoms with Gasteiger partial charge in [0.05, 0.1) is 7.11 Å². The molecule has 0 heterocycles. The van der Waals surface area contributed by atoms with Crippen LogP contribution in [0.2, 0.25) is 0 Å². The van der Waals surface area contributed by atoms with E-state index in [2.05, 4.69) is 13.5 Å². The van der Waals surface area contributed by atoms with Crippen LogP contribution in [0, 0.1) is 0 Å². The van der Waals surface area contributed by atoms with E-state index in [4.69, 9.17) is 9.47 Å². The van der Waals surface area contributed by atoms with Crippen LogP contribution in [0.5, 0.6) is 11.5 Å². The molecule has 0 spiro atoms. The molecule has 0 saturated carbocycles. The van der Waals surface area contributed by atoms with Gasteiger partial charge in [-0.05, 0) is 30.2 Å². The van der Waals surface area contributed by atoms with Crippen molar-refractivity contribution in [2.45, 2.75) is 13.3 Å². The van der Waals surface area contributed by atoms with Crippen LogP contribution in [0.1, 0.15) is 12.5 Å². The van der Waals surface area contributed by atoms with Gasteiger partial charge in [0.25, 0.3) is 0 Å². The molecule has 0 aliphatic rings. The molecule has 0 aromatic heterocycles. The zero-order chi connectivity index (χ0) is 10.4. The van der Waals surface area contributed by atoms with Gasteiger partial charge in [-0.1, -0.05) is 19.6 Å². The Morgan fingerprint density at radius 1 is 1.43 bits per heavy atom. The van der Waals surface area contributed by atoms with Crippen molar-refractivity contribution in [2.75, 3.05) is 13.7 Å². The van der Waals surface area contributed by atoms with E-state index in [1.807, 2.05) is 18.2 Å².